The minimum atomic E-state index is -0.546. The van der Waals surface area contributed by atoms with Crippen molar-refractivity contribution in [3.8, 4) is 17.2 Å². The van der Waals surface area contributed by atoms with Gasteiger partial charge in [0.05, 0.1) is 12.7 Å². The molecule has 0 aliphatic carbocycles. The van der Waals surface area contributed by atoms with Crippen LogP contribution in [0, 0.1) is 6.92 Å². The molecule has 3 aromatic carbocycles. The topological polar surface area (TPSA) is 55.8 Å². The number of methoxy groups -OCH3 is 1. The lowest BCUT2D eigenvalue weighted by Crippen LogP contribution is -2.23. The predicted molar refractivity (Wildman–Crippen MR) is 108 cm³/mol. The number of carbonyl (C=O) groups is 1. The molecule has 140 valence electrons. The lowest BCUT2D eigenvalue weighted by atomic mass is 9.89. The van der Waals surface area contributed by atoms with Crippen LogP contribution < -0.4 is 9.47 Å². The summed E-state index contributed by atoms with van der Waals surface area (Å²) in [6.07, 6.45) is 1.33. The van der Waals surface area contributed by atoms with E-state index >= 15 is 0 Å². The van der Waals surface area contributed by atoms with Crippen LogP contribution >= 0.6 is 0 Å². The van der Waals surface area contributed by atoms with Gasteiger partial charge in [-0.1, -0.05) is 36.4 Å². The van der Waals surface area contributed by atoms with E-state index in [-0.39, 0.29) is 11.5 Å². The van der Waals surface area contributed by atoms with E-state index in [4.69, 9.17) is 9.47 Å². The SMILES string of the molecule is COc1ccc(C2Oc3ccc(O)cc3C(=O)C2=Cc2ccccc2C)cc1. The van der Waals surface area contributed by atoms with Gasteiger partial charge in [0.2, 0.25) is 0 Å². The Bertz CT molecular complexity index is 1060. The van der Waals surface area contributed by atoms with Gasteiger partial charge in [-0.15, -0.1) is 0 Å². The maximum Gasteiger partial charge on any atom is 0.196 e. The van der Waals surface area contributed by atoms with Crippen molar-refractivity contribution in [2.24, 2.45) is 0 Å². The fourth-order valence-electron chi connectivity index (χ4n) is 3.35. The number of ketones is 1. The number of aromatic hydroxyl groups is 1. The van der Waals surface area contributed by atoms with Gasteiger partial charge in [0, 0.05) is 5.57 Å². The molecule has 0 aromatic heterocycles. The number of ether oxygens (including phenoxy) is 2. The number of phenolic OH excluding ortho intramolecular Hbond substituents is 1. The van der Waals surface area contributed by atoms with E-state index in [0.29, 0.717) is 16.9 Å². The fourth-order valence-corrected chi connectivity index (χ4v) is 3.35. The van der Waals surface area contributed by atoms with Crippen molar-refractivity contribution in [1.29, 1.82) is 0 Å². The van der Waals surface area contributed by atoms with Crippen LogP contribution in [-0.4, -0.2) is 18.0 Å². The van der Waals surface area contributed by atoms with E-state index in [2.05, 4.69) is 0 Å². The Hall–Kier alpha value is -3.53. The Kier molecular flexibility index (Phi) is 4.62. The number of hydrogen-bond acceptors (Lipinski definition) is 4. The Balaban J connectivity index is 1.86. The fraction of sp³-hybridized carbons (Fsp3) is 0.125. The molecule has 0 radical (unpaired) electrons. The van der Waals surface area contributed by atoms with Crippen molar-refractivity contribution >= 4 is 11.9 Å². The normalized spacial score (nSPS) is 17.1. The van der Waals surface area contributed by atoms with Gasteiger partial charge < -0.3 is 14.6 Å². The van der Waals surface area contributed by atoms with Gasteiger partial charge >= 0.3 is 0 Å². The summed E-state index contributed by atoms with van der Waals surface area (Å²) in [4.78, 5) is 13.3. The Morgan fingerprint density at radius 3 is 2.50 bits per heavy atom. The molecule has 4 heteroatoms. The molecule has 1 unspecified atom stereocenters. The van der Waals surface area contributed by atoms with Crippen LogP contribution in [0.15, 0.2) is 72.3 Å². The first-order valence-corrected chi connectivity index (χ1v) is 9.02. The third-order valence-corrected chi connectivity index (χ3v) is 4.92. The number of Topliss-reactive ketones (excluding diaryl/α,β-unsaturated/α-hetero) is 1. The van der Waals surface area contributed by atoms with Crippen molar-refractivity contribution in [2.75, 3.05) is 7.11 Å². The molecule has 4 rings (SSSR count). The van der Waals surface area contributed by atoms with Gasteiger partial charge in [0.1, 0.15) is 17.2 Å². The molecule has 0 saturated carbocycles. The molecule has 4 nitrogen and oxygen atoms in total. The summed E-state index contributed by atoms with van der Waals surface area (Å²) < 4.78 is 11.4. The molecule has 0 fully saturated rings. The van der Waals surface area contributed by atoms with E-state index in [1.54, 1.807) is 13.2 Å². The summed E-state index contributed by atoms with van der Waals surface area (Å²) in [6.45, 7) is 2.00. The average Bonchev–Trinajstić information content (AvgIpc) is 2.72. The molecule has 1 aliphatic rings. The van der Waals surface area contributed by atoms with Crippen molar-refractivity contribution in [2.45, 2.75) is 13.0 Å². The van der Waals surface area contributed by atoms with E-state index < -0.39 is 6.10 Å². The number of phenols is 1. The minimum Gasteiger partial charge on any atom is -0.508 e. The maximum absolute atomic E-state index is 13.3. The first-order valence-electron chi connectivity index (χ1n) is 9.02. The van der Waals surface area contributed by atoms with E-state index in [1.807, 2.05) is 61.5 Å². The zero-order valence-electron chi connectivity index (χ0n) is 15.7. The van der Waals surface area contributed by atoms with Crippen molar-refractivity contribution in [3.05, 3.63) is 94.6 Å². The minimum absolute atomic E-state index is 0.0360. The monoisotopic (exact) mass is 372 g/mol. The average molecular weight is 372 g/mol. The van der Waals surface area contributed by atoms with Crippen LogP contribution in [0.1, 0.15) is 33.2 Å². The summed E-state index contributed by atoms with van der Waals surface area (Å²) in [5, 5.41) is 9.83. The summed E-state index contributed by atoms with van der Waals surface area (Å²) in [6, 6.07) is 20.0. The van der Waals surface area contributed by atoms with Crippen LogP contribution in [0.4, 0.5) is 0 Å². The highest BCUT2D eigenvalue weighted by molar-refractivity contribution is 6.15. The standard InChI is InChI=1S/C24H20O4/c1-15-5-3-4-6-17(15)13-21-23(26)20-14-18(25)9-12-22(20)28-24(21)16-7-10-19(27-2)11-8-16/h3-14,24-25H,1-2H3. The van der Waals surface area contributed by atoms with Gasteiger partial charge in [0.25, 0.3) is 0 Å². The second-order valence-electron chi connectivity index (χ2n) is 6.74. The molecule has 0 saturated heterocycles. The van der Waals surface area contributed by atoms with Crippen LogP contribution in [-0.2, 0) is 0 Å². The number of aryl methyl sites for hydroxylation is 1. The quantitative estimate of drug-likeness (QED) is 0.649. The Morgan fingerprint density at radius 2 is 1.79 bits per heavy atom. The number of hydrogen-bond donors (Lipinski definition) is 1. The lowest BCUT2D eigenvalue weighted by molar-refractivity contribution is 0.0963. The summed E-state index contributed by atoms with van der Waals surface area (Å²) in [5.41, 5.74) is 3.77. The summed E-state index contributed by atoms with van der Waals surface area (Å²) >= 11 is 0. The Morgan fingerprint density at radius 1 is 1.04 bits per heavy atom. The first-order chi connectivity index (χ1) is 13.6. The second-order valence-corrected chi connectivity index (χ2v) is 6.74. The molecule has 1 N–H and O–H groups in total. The van der Waals surface area contributed by atoms with Gasteiger partial charge in [-0.05, 0) is 60.0 Å². The largest absolute Gasteiger partial charge is 0.508 e. The lowest BCUT2D eigenvalue weighted by Gasteiger charge is -2.28. The number of carbonyl (C=O) groups excluding carboxylic acids is 1. The zero-order chi connectivity index (χ0) is 19.7. The van der Waals surface area contributed by atoms with Crippen LogP contribution in [0.5, 0.6) is 17.2 Å². The van der Waals surface area contributed by atoms with Crippen molar-refractivity contribution in [3.63, 3.8) is 0 Å². The molecular weight excluding hydrogens is 352 g/mol. The maximum atomic E-state index is 13.3. The third-order valence-electron chi connectivity index (χ3n) is 4.92. The molecule has 0 spiro atoms. The number of fused-ring (bicyclic) bond motifs is 1. The van der Waals surface area contributed by atoms with Crippen molar-refractivity contribution in [1.82, 2.24) is 0 Å². The Labute approximate surface area is 163 Å². The smallest absolute Gasteiger partial charge is 0.196 e. The molecule has 3 aromatic rings. The number of rotatable bonds is 3. The summed E-state index contributed by atoms with van der Waals surface area (Å²) in [5.74, 6) is 1.08. The van der Waals surface area contributed by atoms with Gasteiger partial charge in [-0.2, -0.15) is 0 Å². The van der Waals surface area contributed by atoms with Crippen molar-refractivity contribution < 1.29 is 19.4 Å². The molecule has 1 aliphatic heterocycles. The highest BCUT2D eigenvalue weighted by atomic mass is 16.5. The summed E-state index contributed by atoms with van der Waals surface area (Å²) in [7, 11) is 1.61. The molecule has 28 heavy (non-hydrogen) atoms. The number of benzene rings is 3. The third kappa shape index (κ3) is 3.25. The molecule has 1 atom stereocenters. The van der Waals surface area contributed by atoms with E-state index in [0.717, 1.165) is 22.4 Å². The molecule has 0 bridgehead atoms. The van der Waals surface area contributed by atoms with Gasteiger partial charge in [0.15, 0.2) is 11.9 Å². The molecule has 0 amide bonds. The van der Waals surface area contributed by atoms with Crippen LogP contribution in [0.25, 0.3) is 6.08 Å². The van der Waals surface area contributed by atoms with E-state index in [1.165, 1.54) is 12.1 Å². The van der Waals surface area contributed by atoms with E-state index in [9.17, 15) is 9.90 Å². The molecule has 1 heterocycles. The highest BCUT2D eigenvalue weighted by Gasteiger charge is 2.33. The van der Waals surface area contributed by atoms with Gasteiger partial charge in [-0.3, -0.25) is 4.79 Å². The second kappa shape index (κ2) is 7.24. The molecular formula is C24H20O4. The van der Waals surface area contributed by atoms with Gasteiger partial charge in [-0.25, -0.2) is 0 Å². The highest BCUT2D eigenvalue weighted by Crippen LogP contribution is 2.41. The first kappa shape index (κ1) is 17.9. The van der Waals surface area contributed by atoms with Crippen LogP contribution in [0.2, 0.25) is 0 Å². The zero-order valence-corrected chi connectivity index (χ0v) is 15.7. The van der Waals surface area contributed by atoms with Crippen LogP contribution in [0.3, 0.4) is 0 Å². The predicted octanol–water partition coefficient (Wildman–Crippen LogP) is 5.11.